The second-order valence-corrected chi connectivity index (χ2v) is 7.84. The van der Waals surface area contributed by atoms with Crippen LogP contribution in [0.4, 0.5) is 5.82 Å². The normalized spacial score (nSPS) is 10.9. The lowest BCUT2D eigenvalue weighted by Crippen LogP contribution is -2.18. The van der Waals surface area contributed by atoms with E-state index in [4.69, 9.17) is 0 Å². The maximum absolute atomic E-state index is 12.8. The molecule has 2 aromatic heterocycles. The van der Waals surface area contributed by atoms with Crippen molar-refractivity contribution in [1.29, 1.82) is 0 Å². The third kappa shape index (κ3) is 5.19. The van der Waals surface area contributed by atoms with Gasteiger partial charge < -0.3 is 9.88 Å². The second kappa shape index (κ2) is 8.86. The van der Waals surface area contributed by atoms with E-state index in [2.05, 4.69) is 24.1 Å². The van der Waals surface area contributed by atoms with Gasteiger partial charge >= 0.3 is 0 Å². The third-order valence-corrected chi connectivity index (χ3v) is 4.85. The molecule has 0 unspecified atom stereocenters. The smallest absolute Gasteiger partial charge is 0.231 e. The molecule has 0 saturated heterocycles. The number of carbonyl (C=O) groups excluding carboxylic acids is 2. The van der Waals surface area contributed by atoms with Crippen molar-refractivity contribution in [3.8, 4) is 0 Å². The minimum atomic E-state index is -0.158. The predicted octanol–water partition coefficient (Wildman–Crippen LogP) is 4.34. The number of rotatable bonds is 7. The van der Waals surface area contributed by atoms with Crippen LogP contribution < -0.4 is 5.32 Å². The molecule has 29 heavy (non-hydrogen) atoms. The van der Waals surface area contributed by atoms with Gasteiger partial charge in [0.25, 0.3) is 0 Å². The molecule has 0 atom stereocenters. The first-order chi connectivity index (χ1) is 13.8. The lowest BCUT2D eigenvalue weighted by molar-refractivity contribution is -0.115. The van der Waals surface area contributed by atoms with E-state index in [0.29, 0.717) is 23.0 Å². The molecule has 0 fully saturated rings. The fraction of sp³-hybridized carbons (Fsp3) is 0.292. The number of amides is 1. The number of aryl methyl sites for hydroxylation is 1. The number of carbonyl (C=O) groups is 2. The van der Waals surface area contributed by atoms with Crippen molar-refractivity contribution in [2.45, 2.75) is 33.6 Å². The Morgan fingerprint density at radius 2 is 1.79 bits per heavy atom. The molecule has 0 spiro atoms. The summed E-state index contributed by atoms with van der Waals surface area (Å²) in [4.78, 5) is 29.5. The Labute approximate surface area is 171 Å². The van der Waals surface area contributed by atoms with Gasteiger partial charge in [0.1, 0.15) is 5.82 Å². The van der Waals surface area contributed by atoms with Gasteiger partial charge in [0, 0.05) is 24.5 Å². The molecular weight excluding hydrogens is 362 g/mol. The van der Waals surface area contributed by atoms with E-state index >= 15 is 0 Å². The van der Waals surface area contributed by atoms with Gasteiger partial charge in [0.2, 0.25) is 11.7 Å². The molecule has 0 aliphatic rings. The lowest BCUT2D eigenvalue weighted by Gasteiger charge is -2.10. The Kier molecular flexibility index (Phi) is 6.27. The van der Waals surface area contributed by atoms with Gasteiger partial charge in [0.15, 0.2) is 0 Å². The van der Waals surface area contributed by atoms with Crippen molar-refractivity contribution in [2.75, 3.05) is 5.32 Å². The highest BCUT2D eigenvalue weighted by atomic mass is 16.1. The third-order valence-electron chi connectivity index (χ3n) is 4.85. The Morgan fingerprint density at radius 1 is 1.07 bits per heavy atom. The van der Waals surface area contributed by atoms with E-state index in [-0.39, 0.29) is 18.1 Å². The Morgan fingerprint density at radius 3 is 2.48 bits per heavy atom. The fourth-order valence-corrected chi connectivity index (χ4v) is 3.30. The van der Waals surface area contributed by atoms with Crippen molar-refractivity contribution in [3.63, 3.8) is 0 Å². The molecule has 1 aromatic carbocycles. The number of nitrogens with one attached hydrogen (secondary N) is 1. The van der Waals surface area contributed by atoms with Crippen LogP contribution >= 0.6 is 0 Å². The molecular formula is C24H27N3O2. The number of anilines is 1. The molecule has 0 aliphatic heterocycles. The van der Waals surface area contributed by atoms with Crippen LogP contribution in [-0.2, 0) is 24.7 Å². The fourth-order valence-electron chi connectivity index (χ4n) is 3.30. The molecule has 2 heterocycles. The maximum Gasteiger partial charge on any atom is 0.231 e. The van der Waals surface area contributed by atoms with Crippen molar-refractivity contribution in [1.82, 2.24) is 9.55 Å². The Hall–Kier alpha value is -3.21. The van der Waals surface area contributed by atoms with Crippen LogP contribution in [0.3, 0.4) is 0 Å². The Bertz CT molecular complexity index is 1020. The highest BCUT2D eigenvalue weighted by Crippen LogP contribution is 2.16. The zero-order valence-electron chi connectivity index (χ0n) is 17.4. The average molecular weight is 389 g/mol. The van der Waals surface area contributed by atoms with E-state index in [1.165, 1.54) is 0 Å². The minimum absolute atomic E-state index is 0.0535. The predicted molar refractivity (Wildman–Crippen MR) is 115 cm³/mol. The molecule has 150 valence electrons. The van der Waals surface area contributed by atoms with Gasteiger partial charge in [-0.25, -0.2) is 4.98 Å². The van der Waals surface area contributed by atoms with E-state index in [1.54, 1.807) is 16.8 Å². The summed E-state index contributed by atoms with van der Waals surface area (Å²) in [5.74, 6) is 0.879. The summed E-state index contributed by atoms with van der Waals surface area (Å²) in [6.45, 7) is 6.30. The first-order valence-corrected chi connectivity index (χ1v) is 9.84. The zero-order chi connectivity index (χ0) is 21.0. The molecule has 1 N–H and O–H groups in total. The van der Waals surface area contributed by atoms with Gasteiger partial charge in [-0.2, -0.15) is 0 Å². The molecule has 0 bridgehead atoms. The molecule has 3 rings (SSSR count). The standard InChI is InChI=1S/C24H27N3O2/c1-16(2)13-18-11-12-25-22(14-18)26-23(28)15-20-9-10-21(27(20)4)24(29)19-7-5-17(3)6-8-19/h5-12,14,16H,13,15H2,1-4H3,(H,25,26,28). The molecule has 5 nitrogen and oxygen atoms in total. The van der Waals surface area contributed by atoms with Gasteiger partial charge in [0.05, 0.1) is 12.1 Å². The molecule has 3 aromatic rings. The van der Waals surface area contributed by atoms with Crippen LogP contribution in [0.1, 0.15) is 46.7 Å². The van der Waals surface area contributed by atoms with Crippen LogP contribution in [0, 0.1) is 12.8 Å². The van der Waals surface area contributed by atoms with Crippen LogP contribution in [-0.4, -0.2) is 21.2 Å². The van der Waals surface area contributed by atoms with Crippen molar-refractivity contribution in [2.24, 2.45) is 13.0 Å². The van der Waals surface area contributed by atoms with Crippen LogP contribution in [0.15, 0.2) is 54.7 Å². The van der Waals surface area contributed by atoms with E-state index < -0.39 is 0 Å². The second-order valence-electron chi connectivity index (χ2n) is 7.84. The van der Waals surface area contributed by atoms with Gasteiger partial charge in [-0.05, 0) is 49.1 Å². The largest absolute Gasteiger partial charge is 0.344 e. The molecule has 5 heteroatoms. The minimum Gasteiger partial charge on any atom is -0.344 e. The summed E-state index contributed by atoms with van der Waals surface area (Å²) in [6.07, 6.45) is 2.83. The van der Waals surface area contributed by atoms with E-state index in [0.717, 1.165) is 23.2 Å². The summed E-state index contributed by atoms with van der Waals surface area (Å²) >= 11 is 0. The zero-order valence-corrected chi connectivity index (χ0v) is 17.4. The summed E-state index contributed by atoms with van der Waals surface area (Å²) in [5, 5.41) is 2.86. The monoisotopic (exact) mass is 389 g/mol. The van der Waals surface area contributed by atoms with E-state index in [1.807, 2.05) is 56.4 Å². The number of pyridine rings is 1. The summed E-state index contributed by atoms with van der Waals surface area (Å²) in [5.41, 5.74) is 4.23. The summed E-state index contributed by atoms with van der Waals surface area (Å²) in [7, 11) is 1.81. The quantitative estimate of drug-likeness (QED) is 0.612. The van der Waals surface area contributed by atoms with Crippen molar-refractivity contribution in [3.05, 3.63) is 82.8 Å². The van der Waals surface area contributed by atoms with Gasteiger partial charge in [-0.1, -0.05) is 43.7 Å². The van der Waals surface area contributed by atoms with Crippen LogP contribution in [0.2, 0.25) is 0 Å². The highest BCUT2D eigenvalue weighted by molar-refractivity contribution is 6.08. The number of benzene rings is 1. The van der Waals surface area contributed by atoms with Crippen LogP contribution in [0.25, 0.3) is 0 Å². The first-order valence-electron chi connectivity index (χ1n) is 9.84. The summed E-state index contributed by atoms with van der Waals surface area (Å²) in [6, 6.07) is 15.0. The van der Waals surface area contributed by atoms with Crippen molar-refractivity contribution < 1.29 is 9.59 Å². The molecule has 0 saturated carbocycles. The highest BCUT2D eigenvalue weighted by Gasteiger charge is 2.16. The summed E-state index contributed by atoms with van der Waals surface area (Å²) < 4.78 is 1.78. The van der Waals surface area contributed by atoms with Crippen LogP contribution in [0.5, 0.6) is 0 Å². The number of hydrogen-bond donors (Lipinski definition) is 1. The number of ketones is 1. The van der Waals surface area contributed by atoms with Gasteiger partial charge in [-0.15, -0.1) is 0 Å². The topological polar surface area (TPSA) is 64.0 Å². The Balaban J connectivity index is 1.69. The lowest BCUT2D eigenvalue weighted by atomic mass is 10.0. The van der Waals surface area contributed by atoms with E-state index in [9.17, 15) is 9.59 Å². The number of nitrogens with zero attached hydrogens (tertiary/aromatic N) is 2. The maximum atomic E-state index is 12.8. The SMILES string of the molecule is Cc1ccc(C(=O)c2ccc(CC(=O)Nc3cc(CC(C)C)ccn3)n2C)cc1. The average Bonchev–Trinajstić information content (AvgIpc) is 3.02. The van der Waals surface area contributed by atoms with Gasteiger partial charge in [-0.3, -0.25) is 9.59 Å². The number of hydrogen-bond acceptors (Lipinski definition) is 3. The van der Waals surface area contributed by atoms with Crippen molar-refractivity contribution >= 4 is 17.5 Å². The first kappa shape index (κ1) is 20.5. The number of aromatic nitrogens is 2. The molecule has 0 radical (unpaired) electrons. The molecule has 1 amide bonds. The molecule has 0 aliphatic carbocycles.